The Balaban J connectivity index is 2.19. The molecule has 0 saturated heterocycles. The van der Waals surface area contributed by atoms with E-state index in [0.29, 0.717) is 0 Å². The molecule has 2 N–H and O–H groups in total. The molecule has 94 valence electrons. The van der Waals surface area contributed by atoms with E-state index in [1.165, 1.54) is 0 Å². The Labute approximate surface area is 113 Å². The zero-order valence-electron chi connectivity index (χ0n) is 10.7. The molecule has 0 fully saturated rings. The minimum Gasteiger partial charge on any atom is -0.324 e. The average Bonchev–Trinajstić information content (AvgIpc) is 2.35. The summed E-state index contributed by atoms with van der Waals surface area (Å²) >= 11 is 6.11. The Kier molecular flexibility index (Phi) is 4.00. The Morgan fingerprint density at radius 1 is 1.22 bits per heavy atom. The van der Waals surface area contributed by atoms with Gasteiger partial charge in [-0.1, -0.05) is 29.8 Å². The molecule has 0 aliphatic heterocycles. The first-order valence-corrected chi connectivity index (χ1v) is 6.38. The van der Waals surface area contributed by atoms with E-state index < -0.39 is 0 Å². The van der Waals surface area contributed by atoms with Crippen molar-refractivity contribution in [2.24, 2.45) is 5.73 Å². The summed E-state index contributed by atoms with van der Waals surface area (Å²) in [5.41, 5.74) is 10.5. The van der Waals surface area contributed by atoms with Crippen molar-refractivity contribution < 1.29 is 0 Å². The van der Waals surface area contributed by atoms with Crippen molar-refractivity contribution in [1.82, 2.24) is 4.98 Å². The highest BCUT2D eigenvalue weighted by Gasteiger charge is 2.12. The Bertz CT molecular complexity index is 535. The molecule has 1 heterocycles. The summed E-state index contributed by atoms with van der Waals surface area (Å²) < 4.78 is 0. The van der Waals surface area contributed by atoms with Gasteiger partial charge < -0.3 is 5.73 Å². The summed E-state index contributed by atoms with van der Waals surface area (Å²) in [5.74, 6) is 0. The lowest BCUT2D eigenvalue weighted by molar-refractivity contribution is 0.701. The third-order valence-corrected chi connectivity index (χ3v) is 3.52. The molecule has 1 aromatic carbocycles. The summed E-state index contributed by atoms with van der Waals surface area (Å²) in [5, 5.41) is 0.764. The maximum atomic E-state index is 6.24. The van der Waals surface area contributed by atoms with E-state index in [1.807, 2.05) is 44.3 Å². The summed E-state index contributed by atoms with van der Waals surface area (Å²) in [4.78, 5) is 4.38. The highest BCUT2D eigenvalue weighted by Crippen LogP contribution is 2.24. The van der Waals surface area contributed by atoms with Crippen LogP contribution in [0.3, 0.4) is 0 Å². The van der Waals surface area contributed by atoms with Crippen LogP contribution in [-0.2, 0) is 6.42 Å². The van der Waals surface area contributed by atoms with Crippen LogP contribution in [0.25, 0.3) is 0 Å². The predicted octanol–water partition coefficient (Wildman–Crippen LogP) is 3.59. The van der Waals surface area contributed by atoms with Crippen LogP contribution < -0.4 is 5.73 Å². The van der Waals surface area contributed by atoms with Gasteiger partial charge >= 0.3 is 0 Å². The second kappa shape index (κ2) is 5.51. The number of hydrogen-bond donors (Lipinski definition) is 1. The van der Waals surface area contributed by atoms with E-state index in [2.05, 4.69) is 11.1 Å². The SMILES string of the molecule is Cc1ccc(CC(N)c2cccc(Cl)c2C)nc1. The summed E-state index contributed by atoms with van der Waals surface area (Å²) in [6.07, 6.45) is 2.59. The normalized spacial score (nSPS) is 12.4. The topological polar surface area (TPSA) is 38.9 Å². The smallest absolute Gasteiger partial charge is 0.0438 e. The molecule has 0 radical (unpaired) electrons. The number of hydrogen-bond acceptors (Lipinski definition) is 2. The number of aromatic nitrogens is 1. The van der Waals surface area contributed by atoms with Gasteiger partial charge in [-0.05, 0) is 42.7 Å². The fourth-order valence-electron chi connectivity index (χ4n) is 1.98. The van der Waals surface area contributed by atoms with Gasteiger partial charge in [-0.3, -0.25) is 4.98 Å². The number of aryl methyl sites for hydroxylation is 1. The monoisotopic (exact) mass is 260 g/mol. The van der Waals surface area contributed by atoms with Crippen LogP contribution in [0.2, 0.25) is 5.02 Å². The number of nitrogens with zero attached hydrogens (tertiary/aromatic N) is 1. The van der Waals surface area contributed by atoms with Gasteiger partial charge in [0.1, 0.15) is 0 Å². The summed E-state index contributed by atoms with van der Waals surface area (Å²) in [6, 6.07) is 9.86. The third kappa shape index (κ3) is 2.89. The fraction of sp³-hybridized carbons (Fsp3) is 0.267. The van der Waals surface area contributed by atoms with Crippen molar-refractivity contribution in [1.29, 1.82) is 0 Å². The van der Waals surface area contributed by atoms with Gasteiger partial charge in [0, 0.05) is 29.4 Å². The van der Waals surface area contributed by atoms with Gasteiger partial charge in [0.15, 0.2) is 0 Å². The van der Waals surface area contributed by atoms with E-state index in [1.54, 1.807) is 0 Å². The van der Waals surface area contributed by atoms with Crippen molar-refractivity contribution >= 4 is 11.6 Å². The van der Waals surface area contributed by atoms with Crippen LogP contribution >= 0.6 is 11.6 Å². The second-order valence-corrected chi connectivity index (χ2v) is 5.00. The molecule has 18 heavy (non-hydrogen) atoms. The van der Waals surface area contributed by atoms with Crippen LogP contribution in [-0.4, -0.2) is 4.98 Å². The van der Waals surface area contributed by atoms with Crippen LogP contribution in [0.5, 0.6) is 0 Å². The van der Waals surface area contributed by atoms with Crippen molar-refractivity contribution in [2.75, 3.05) is 0 Å². The first kappa shape index (κ1) is 13.1. The third-order valence-electron chi connectivity index (χ3n) is 3.11. The molecule has 0 bridgehead atoms. The highest BCUT2D eigenvalue weighted by molar-refractivity contribution is 6.31. The molecule has 0 saturated carbocycles. The minimum atomic E-state index is -0.0705. The van der Waals surface area contributed by atoms with Crippen LogP contribution in [0.1, 0.15) is 28.4 Å². The predicted molar refractivity (Wildman–Crippen MR) is 75.8 cm³/mol. The van der Waals surface area contributed by atoms with Crippen molar-refractivity contribution in [3.05, 3.63) is 63.9 Å². The number of benzene rings is 1. The quantitative estimate of drug-likeness (QED) is 0.916. The maximum absolute atomic E-state index is 6.24. The van der Waals surface area contributed by atoms with Crippen molar-refractivity contribution in [3.8, 4) is 0 Å². The molecule has 0 amide bonds. The molecule has 0 spiro atoms. The van der Waals surface area contributed by atoms with Crippen molar-refractivity contribution in [2.45, 2.75) is 26.3 Å². The van der Waals surface area contributed by atoms with Crippen LogP contribution in [0.15, 0.2) is 36.5 Å². The largest absolute Gasteiger partial charge is 0.324 e. The second-order valence-electron chi connectivity index (χ2n) is 4.59. The first-order chi connectivity index (χ1) is 8.58. The summed E-state index contributed by atoms with van der Waals surface area (Å²) in [6.45, 7) is 4.03. The molecule has 0 aliphatic carbocycles. The van der Waals surface area contributed by atoms with Gasteiger partial charge in [0.05, 0.1) is 0 Å². The zero-order chi connectivity index (χ0) is 13.1. The zero-order valence-corrected chi connectivity index (χ0v) is 11.4. The molecule has 1 atom stereocenters. The van der Waals surface area contributed by atoms with E-state index >= 15 is 0 Å². The first-order valence-electron chi connectivity index (χ1n) is 6.00. The van der Waals surface area contributed by atoms with Crippen molar-refractivity contribution in [3.63, 3.8) is 0 Å². The van der Waals surface area contributed by atoms with Gasteiger partial charge in [-0.15, -0.1) is 0 Å². The maximum Gasteiger partial charge on any atom is 0.0438 e. The lowest BCUT2D eigenvalue weighted by atomic mass is 9.98. The van der Waals surface area contributed by atoms with Gasteiger partial charge in [0.2, 0.25) is 0 Å². The molecule has 2 aromatic rings. The number of halogens is 1. The molecule has 1 unspecified atom stereocenters. The molecule has 3 heteroatoms. The van der Waals surface area contributed by atoms with Crippen LogP contribution in [0, 0.1) is 13.8 Å². The van der Waals surface area contributed by atoms with E-state index in [-0.39, 0.29) is 6.04 Å². The standard InChI is InChI=1S/C15H17ClN2/c1-10-6-7-12(18-9-10)8-15(17)13-4-3-5-14(16)11(13)2/h3-7,9,15H,8,17H2,1-2H3. The average molecular weight is 261 g/mol. The van der Waals surface area contributed by atoms with Crippen LogP contribution in [0.4, 0.5) is 0 Å². The molecular weight excluding hydrogens is 244 g/mol. The van der Waals surface area contributed by atoms with E-state index in [9.17, 15) is 0 Å². The Morgan fingerprint density at radius 2 is 2.00 bits per heavy atom. The summed E-state index contributed by atoms with van der Waals surface area (Å²) in [7, 11) is 0. The Morgan fingerprint density at radius 3 is 2.67 bits per heavy atom. The fourth-order valence-corrected chi connectivity index (χ4v) is 2.16. The minimum absolute atomic E-state index is 0.0705. The number of rotatable bonds is 3. The van der Waals surface area contributed by atoms with Gasteiger partial charge in [-0.25, -0.2) is 0 Å². The van der Waals surface area contributed by atoms with Gasteiger partial charge in [-0.2, -0.15) is 0 Å². The molecule has 0 aliphatic rings. The molecule has 2 nitrogen and oxygen atoms in total. The lowest BCUT2D eigenvalue weighted by Crippen LogP contribution is -2.15. The lowest BCUT2D eigenvalue weighted by Gasteiger charge is -2.15. The molecule has 2 rings (SSSR count). The molecular formula is C15H17ClN2. The molecule has 1 aromatic heterocycles. The highest BCUT2D eigenvalue weighted by atomic mass is 35.5. The van der Waals surface area contributed by atoms with E-state index in [0.717, 1.165) is 33.8 Å². The number of pyridine rings is 1. The van der Waals surface area contributed by atoms with Gasteiger partial charge in [0.25, 0.3) is 0 Å². The number of nitrogens with two attached hydrogens (primary N) is 1. The Hall–Kier alpha value is -1.38. The van der Waals surface area contributed by atoms with E-state index in [4.69, 9.17) is 17.3 Å².